The average molecular weight is 239 g/mol. The van der Waals surface area contributed by atoms with Gasteiger partial charge in [-0.15, -0.1) is 0 Å². The van der Waals surface area contributed by atoms with Crippen molar-refractivity contribution in [3.05, 3.63) is 29.8 Å². The van der Waals surface area contributed by atoms with Crippen molar-refractivity contribution < 1.29 is 8.42 Å². The molecule has 0 amide bonds. The molecule has 1 aromatic carbocycles. The molecule has 2 unspecified atom stereocenters. The van der Waals surface area contributed by atoms with Crippen LogP contribution in [0.15, 0.2) is 29.2 Å². The summed E-state index contributed by atoms with van der Waals surface area (Å²) in [6.45, 7) is 2.61. The van der Waals surface area contributed by atoms with E-state index in [1.165, 1.54) is 0 Å². The van der Waals surface area contributed by atoms with Gasteiger partial charge in [-0.1, -0.05) is 31.5 Å². The number of benzene rings is 1. The molecule has 0 aromatic heterocycles. The highest BCUT2D eigenvalue weighted by Gasteiger charge is 2.37. The molecule has 0 fully saturated rings. The number of fused-ring (bicyclic) bond motifs is 1. The molecule has 0 radical (unpaired) electrons. The molecule has 2 atom stereocenters. The molecule has 0 aliphatic carbocycles. The Labute approximate surface area is 96.6 Å². The molecule has 1 heterocycles. The van der Waals surface area contributed by atoms with Crippen molar-refractivity contribution in [1.82, 2.24) is 0 Å². The summed E-state index contributed by atoms with van der Waals surface area (Å²) in [5, 5.41) is 0. The standard InChI is InChI=1S/C12H17NO2S/c1-2-9(7-13)11-8-16(14,15)12-6-4-3-5-10(11)12/h3-6,9,11H,2,7-8,13H2,1H3. The Bertz CT molecular complexity index is 478. The second kappa shape index (κ2) is 4.18. The van der Waals surface area contributed by atoms with Crippen LogP contribution in [0, 0.1) is 5.92 Å². The zero-order chi connectivity index (χ0) is 11.8. The molecule has 4 heteroatoms. The van der Waals surface area contributed by atoms with Crippen molar-refractivity contribution in [2.75, 3.05) is 12.3 Å². The SMILES string of the molecule is CCC(CN)C1CS(=O)(=O)c2ccccc21. The maximum atomic E-state index is 12.0. The van der Waals surface area contributed by atoms with E-state index in [0.29, 0.717) is 11.4 Å². The van der Waals surface area contributed by atoms with E-state index in [9.17, 15) is 8.42 Å². The molecule has 16 heavy (non-hydrogen) atoms. The lowest BCUT2D eigenvalue weighted by Gasteiger charge is -2.19. The van der Waals surface area contributed by atoms with Crippen LogP contribution in [0.1, 0.15) is 24.8 Å². The second-order valence-corrected chi connectivity index (χ2v) is 6.33. The minimum absolute atomic E-state index is 0.0798. The molecule has 1 aliphatic rings. The molecular weight excluding hydrogens is 222 g/mol. The van der Waals surface area contributed by atoms with Gasteiger partial charge in [0.1, 0.15) is 0 Å². The second-order valence-electron chi connectivity index (χ2n) is 4.33. The summed E-state index contributed by atoms with van der Waals surface area (Å²) in [7, 11) is -3.08. The predicted molar refractivity (Wildman–Crippen MR) is 64.1 cm³/mol. The van der Waals surface area contributed by atoms with Crippen molar-refractivity contribution in [1.29, 1.82) is 0 Å². The zero-order valence-corrected chi connectivity index (χ0v) is 10.2. The summed E-state index contributed by atoms with van der Waals surface area (Å²) >= 11 is 0. The molecule has 1 aromatic rings. The fourth-order valence-electron chi connectivity index (χ4n) is 2.49. The van der Waals surface area contributed by atoms with Crippen LogP contribution < -0.4 is 5.73 Å². The van der Waals surface area contributed by atoms with Gasteiger partial charge < -0.3 is 5.73 Å². The maximum absolute atomic E-state index is 12.0. The number of hydrogen-bond acceptors (Lipinski definition) is 3. The topological polar surface area (TPSA) is 60.2 Å². The normalized spacial score (nSPS) is 24.0. The van der Waals surface area contributed by atoms with Gasteiger partial charge in [0.2, 0.25) is 0 Å². The molecule has 0 saturated carbocycles. The maximum Gasteiger partial charge on any atom is 0.179 e. The van der Waals surface area contributed by atoms with Crippen molar-refractivity contribution in [3.63, 3.8) is 0 Å². The fourth-order valence-corrected chi connectivity index (χ4v) is 4.46. The van der Waals surface area contributed by atoms with E-state index in [1.54, 1.807) is 12.1 Å². The van der Waals surface area contributed by atoms with Crippen molar-refractivity contribution in [2.24, 2.45) is 11.7 Å². The van der Waals surface area contributed by atoms with E-state index < -0.39 is 9.84 Å². The van der Waals surface area contributed by atoms with E-state index >= 15 is 0 Å². The van der Waals surface area contributed by atoms with Crippen molar-refractivity contribution >= 4 is 9.84 Å². The summed E-state index contributed by atoms with van der Waals surface area (Å²) < 4.78 is 23.9. The van der Waals surface area contributed by atoms with Gasteiger partial charge in [-0.3, -0.25) is 0 Å². The first-order valence-electron chi connectivity index (χ1n) is 5.62. The molecule has 0 spiro atoms. The van der Waals surface area contributed by atoms with Crippen molar-refractivity contribution in [3.8, 4) is 0 Å². The largest absolute Gasteiger partial charge is 0.330 e. The van der Waals surface area contributed by atoms with Gasteiger partial charge in [0.05, 0.1) is 10.6 Å². The van der Waals surface area contributed by atoms with Crippen LogP contribution in [0.2, 0.25) is 0 Å². The third kappa shape index (κ3) is 1.76. The van der Waals surface area contributed by atoms with Gasteiger partial charge in [0, 0.05) is 5.92 Å². The highest BCUT2D eigenvalue weighted by Crippen LogP contribution is 2.39. The van der Waals surface area contributed by atoms with E-state index in [4.69, 9.17) is 5.73 Å². The number of nitrogens with two attached hydrogens (primary N) is 1. The summed E-state index contributed by atoms with van der Waals surface area (Å²) in [6, 6.07) is 7.30. The molecular formula is C12H17NO2S. The van der Waals surface area contributed by atoms with E-state index in [2.05, 4.69) is 6.92 Å². The molecule has 0 saturated heterocycles. The lowest BCUT2D eigenvalue weighted by Crippen LogP contribution is -2.22. The van der Waals surface area contributed by atoms with Gasteiger partial charge in [-0.25, -0.2) is 8.42 Å². The Hall–Kier alpha value is -0.870. The molecule has 0 bridgehead atoms. The lowest BCUT2D eigenvalue weighted by atomic mass is 9.86. The van der Waals surface area contributed by atoms with Crippen LogP contribution in [0.25, 0.3) is 0 Å². The average Bonchev–Trinajstić information content (AvgIpc) is 2.54. The Morgan fingerprint density at radius 3 is 2.75 bits per heavy atom. The van der Waals surface area contributed by atoms with Crippen molar-refractivity contribution in [2.45, 2.75) is 24.2 Å². The Balaban J connectivity index is 2.48. The molecule has 2 rings (SSSR count). The quantitative estimate of drug-likeness (QED) is 0.870. The fraction of sp³-hybridized carbons (Fsp3) is 0.500. The zero-order valence-electron chi connectivity index (χ0n) is 9.39. The first-order valence-corrected chi connectivity index (χ1v) is 7.27. The van der Waals surface area contributed by atoms with E-state index in [0.717, 1.165) is 12.0 Å². The van der Waals surface area contributed by atoms with Crippen LogP contribution in [0.4, 0.5) is 0 Å². The highest BCUT2D eigenvalue weighted by molar-refractivity contribution is 7.91. The predicted octanol–water partition coefficient (Wildman–Crippen LogP) is 1.54. The number of hydrogen-bond donors (Lipinski definition) is 1. The summed E-state index contributed by atoms with van der Waals surface area (Å²) in [6.07, 6.45) is 0.922. The minimum atomic E-state index is -3.08. The third-order valence-electron chi connectivity index (χ3n) is 3.45. The van der Waals surface area contributed by atoms with Gasteiger partial charge in [0.15, 0.2) is 9.84 Å². The monoisotopic (exact) mass is 239 g/mol. The van der Waals surface area contributed by atoms with Crippen LogP contribution in [0.5, 0.6) is 0 Å². The van der Waals surface area contributed by atoms with E-state index in [-0.39, 0.29) is 17.6 Å². The molecule has 2 N–H and O–H groups in total. The summed E-state index contributed by atoms with van der Waals surface area (Å²) in [4.78, 5) is 0.506. The van der Waals surface area contributed by atoms with Crippen LogP contribution in [-0.2, 0) is 9.84 Å². The van der Waals surface area contributed by atoms with Crippen LogP contribution in [0.3, 0.4) is 0 Å². The first kappa shape index (κ1) is 11.6. The first-order chi connectivity index (χ1) is 7.60. The third-order valence-corrected chi connectivity index (χ3v) is 5.29. The number of sulfone groups is 1. The minimum Gasteiger partial charge on any atom is -0.330 e. The Morgan fingerprint density at radius 2 is 2.12 bits per heavy atom. The smallest absolute Gasteiger partial charge is 0.179 e. The van der Waals surface area contributed by atoms with Gasteiger partial charge >= 0.3 is 0 Å². The lowest BCUT2D eigenvalue weighted by molar-refractivity contribution is 0.446. The molecule has 1 aliphatic heterocycles. The van der Waals surface area contributed by atoms with E-state index in [1.807, 2.05) is 12.1 Å². The van der Waals surface area contributed by atoms with Gasteiger partial charge in [-0.2, -0.15) is 0 Å². The molecule has 3 nitrogen and oxygen atoms in total. The highest BCUT2D eigenvalue weighted by atomic mass is 32.2. The summed E-state index contributed by atoms with van der Waals surface area (Å²) in [5.74, 6) is 0.567. The Morgan fingerprint density at radius 1 is 1.44 bits per heavy atom. The summed E-state index contributed by atoms with van der Waals surface area (Å²) in [5.41, 5.74) is 6.67. The van der Waals surface area contributed by atoms with Gasteiger partial charge in [0.25, 0.3) is 0 Å². The molecule has 88 valence electrons. The number of rotatable bonds is 3. The Kier molecular flexibility index (Phi) is 3.04. The van der Waals surface area contributed by atoms with Crippen LogP contribution in [-0.4, -0.2) is 20.7 Å². The van der Waals surface area contributed by atoms with Gasteiger partial charge in [-0.05, 0) is 24.1 Å². The van der Waals surface area contributed by atoms with Crippen LogP contribution >= 0.6 is 0 Å².